The van der Waals surface area contributed by atoms with Crippen LogP contribution in [0.25, 0.3) is 0 Å². The molecule has 4 nitrogen and oxygen atoms in total. The lowest BCUT2D eigenvalue weighted by Crippen LogP contribution is -2.52. The van der Waals surface area contributed by atoms with Crippen molar-refractivity contribution in [2.45, 2.75) is 20.0 Å². The van der Waals surface area contributed by atoms with Gasteiger partial charge in [0.25, 0.3) is 5.91 Å². The molecular formula is C20H23FN2O2. The maximum atomic E-state index is 13.0. The van der Waals surface area contributed by atoms with E-state index in [-0.39, 0.29) is 11.7 Å². The van der Waals surface area contributed by atoms with Crippen LogP contribution in [-0.2, 0) is 4.79 Å². The lowest BCUT2D eigenvalue weighted by Gasteiger charge is -2.37. The predicted octanol–water partition coefficient (Wildman–Crippen LogP) is 3.25. The van der Waals surface area contributed by atoms with Gasteiger partial charge in [0.1, 0.15) is 11.6 Å². The first-order valence-corrected chi connectivity index (χ1v) is 8.56. The number of carbonyl (C=O) groups excluding carboxylic acids is 1. The second-order valence-electron chi connectivity index (χ2n) is 6.31. The summed E-state index contributed by atoms with van der Waals surface area (Å²) in [6, 6.07) is 14.2. The second-order valence-corrected chi connectivity index (χ2v) is 6.31. The van der Waals surface area contributed by atoms with E-state index in [1.165, 1.54) is 12.1 Å². The monoisotopic (exact) mass is 342 g/mol. The van der Waals surface area contributed by atoms with Gasteiger partial charge in [0.05, 0.1) is 0 Å². The van der Waals surface area contributed by atoms with E-state index >= 15 is 0 Å². The van der Waals surface area contributed by atoms with Crippen molar-refractivity contribution in [2.24, 2.45) is 0 Å². The van der Waals surface area contributed by atoms with Gasteiger partial charge in [-0.15, -0.1) is 0 Å². The summed E-state index contributed by atoms with van der Waals surface area (Å²) >= 11 is 0. The fraction of sp³-hybridized carbons (Fsp3) is 0.350. The smallest absolute Gasteiger partial charge is 0.263 e. The molecule has 2 aromatic carbocycles. The van der Waals surface area contributed by atoms with Gasteiger partial charge in [0.2, 0.25) is 0 Å². The first-order chi connectivity index (χ1) is 12.0. The summed E-state index contributed by atoms with van der Waals surface area (Å²) in [5, 5.41) is 0. The van der Waals surface area contributed by atoms with E-state index in [0.717, 1.165) is 30.1 Å². The fourth-order valence-electron chi connectivity index (χ4n) is 3.02. The number of halogens is 1. The van der Waals surface area contributed by atoms with E-state index in [2.05, 4.69) is 4.90 Å². The minimum atomic E-state index is -0.515. The minimum absolute atomic E-state index is 0.00186. The second kappa shape index (κ2) is 7.55. The molecule has 0 aromatic heterocycles. The number of carbonyl (C=O) groups is 1. The van der Waals surface area contributed by atoms with E-state index in [1.807, 2.05) is 36.1 Å². The predicted molar refractivity (Wildman–Crippen MR) is 96.5 cm³/mol. The highest BCUT2D eigenvalue weighted by Gasteiger charge is 2.26. The number of aryl methyl sites for hydroxylation is 1. The number of anilines is 1. The first kappa shape index (κ1) is 17.3. The standard InChI is InChI=1S/C20H23FN2O2/c1-15-5-3-4-6-19(15)25-16(2)20(24)23-13-11-22(12-14-23)18-9-7-17(21)8-10-18/h3-10,16H,11-14H2,1-2H3/t16-/m1/s1. The number of para-hydroxylation sites is 1. The highest BCUT2D eigenvalue weighted by molar-refractivity contribution is 5.81. The number of amides is 1. The van der Waals surface area contributed by atoms with Crippen LogP contribution < -0.4 is 9.64 Å². The molecule has 0 unspecified atom stereocenters. The number of piperazine rings is 1. The fourth-order valence-corrected chi connectivity index (χ4v) is 3.02. The van der Waals surface area contributed by atoms with Crippen LogP contribution in [0.1, 0.15) is 12.5 Å². The molecule has 2 aromatic rings. The lowest BCUT2D eigenvalue weighted by molar-refractivity contribution is -0.138. The Morgan fingerprint density at radius 2 is 1.68 bits per heavy atom. The summed E-state index contributed by atoms with van der Waals surface area (Å²) in [6.45, 7) is 6.49. The van der Waals surface area contributed by atoms with Crippen molar-refractivity contribution in [1.82, 2.24) is 4.90 Å². The molecule has 1 saturated heterocycles. The number of benzene rings is 2. The Hall–Kier alpha value is -2.56. The zero-order valence-corrected chi connectivity index (χ0v) is 14.6. The normalized spacial score (nSPS) is 15.8. The van der Waals surface area contributed by atoms with E-state index in [0.29, 0.717) is 13.1 Å². The molecule has 1 atom stereocenters. The van der Waals surface area contributed by atoms with Gasteiger partial charge in [-0.25, -0.2) is 4.39 Å². The zero-order valence-electron chi connectivity index (χ0n) is 14.6. The Balaban J connectivity index is 1.56. The van der Waals surface area contributed by atoms with Crippen LogP contribution >= 0.6 is 0 Å². The lowest BCUT2D eigenvalue weighted by atomic mass is 10.2. The van der Waals surface area contributed by atoms with Crippen molar-refractivity contribution in [3.8, 4) is 5.75 Å². The average molecular weight is 342 g/mol. The summed E-state index contributed by atoms with van der Waals surface area (Å²) in [5.41, 5.74) is 2.00. The molecule has 1 aliphatic heterocycles. The number of ether oxygens (including phenoxy) is 1. The largest absolute Gasteiger partial charge is 0.481 e. The third-order valence-corrected chi connectivity index (χ3v) is 4.53. The zero-order chi connectivity index (χ0) is 17.8. The number of hydrogen-bond acceptors (Lipinski definition) is 3. The molecule has 0 N–H and O–H groups in total. The van der Waals surface area contributed by atoms with Crippen LogP contribution in [-0.4, -0.2) is 43.1 Å². The molecule has 1 aliphatic rings. The van der Waals surface area contributed by atoms with Gasteiger partial charge in [-0.3, -0.25) is 4.79 Å². The van der Waals surface area contributed by atoms with Crippen LogP contribution in [0.3, 0.4) is 0 Å². The van der Waals surface area contributed by atoms with Gasteiger partial charge in [-0.2, -0.15) is 0 Å². The summed E-state index contributed by atoms with van der Waals surface area (Å²) in [5.74, 6) is 0.509. The number of rotatable bonds is 4. The van der Waals surface area contributed by atoms with Gasteiger partial charge in [0, 0.05) is 31.9 Å². The molecule has 0 radical (unpaired) electrons. The topological polar surface area (TPSA) is 32.8 Å². The van der Waals surface area contributed by atoms with E-state index in [9.17, 15) is 9.18 Å². The van der Waals surface area contributed by atoms with E-state index < -0.39 is 6.10 Å². The molecule has 5 heteroatoms. The summed E-state index contributed by atoms with van der Waals surface area (Å²) < 4.78 is 18.9. The Morgan fingerprint density at radius 3 is 2.32 bits per heavy atom. The molecule has 25 heavy (non-hydrogen) atoms. The van der Waals surface area contributed by atoms with Crippen LogP contribution in [0.4, 0.5) is 10.1 Å². The maximum absolute atomic E-state index is 13.0. The van der Waals surface area contributed by atoms with Gasteiger partial charge in [0.15, 0.2) is 6.10 Å². The van der Waals surface area contributed by atoms with Crippen molar-refractivity contribution in [3.63, 3.8) is 0 Å². The molecule has 1 amide bonds. The first-order valence-electron chi connectivity index (χ1n) is 8.56. The van der Waals surface area contributed by atoms with Crippen molar-refractivity contribution in [3.05, 3.63) is 59.9 Å². The highest BCUT2D eigenvalue weighted by atomic mass is 19.1. The van der Waals surface area contributed by atoms with E-state index in [4.69, 9.17) is 4.74 Å². The van der Waals surface area contributed by atoms with Crippen LogP contribution in [0.15, 0.2) is 48.5 Å². The summed E-state index contributed by atoms with van der Waals surface area (Å²) in [6.07, 6.45) is -0.515. The third kappa shape index (κ3) is 4.10. The highest BCUT2D eigenvalue weighted by Crippen LogP contribution is 2.20. The summed E-state index contributed by atoms with van der Waals surface area (Å²) in [7, 11) is 0. The Kier molecular flexibility index (Phi) is 5.22. The van der Waals surface area contributed by atoms with Crippen LogP contribution in [0.5, 0.6) is 5.75 Å². The molecular weight excluding hydrogens is 319 g/mol. The maximum Gasteiger partial charge on any atom is 0.263 e. The summed E-state index contributed by atoms with van der Waals surface area (Å²) in [4.78, 5) is 16.6. The molecule has 132 valence electrons. The SMILES string of the molecule is Cc1ccccc1O[C@H](C)C(=O)N1CCN(c2ccc(F)cc2)CC1. The number of hydrogen-bond donors (Lipinski definition) is 0. The van der Waals surface area contributed by atoms with Crippen LogP contribution in [0, 0.1) is 12.7 Å². The molecule has 0 spiro atoms. The van der Waals surface area contributed by atoms with Gasteiger partial charge in [-0.05, 0) is 49.7 Å². The minimum Gasteiger partial charge on any atom is -0.481 e. The number of nitrogens with zero attached hydrogens (tertiary/aromatic N) is 2. The van der Waals surface area contributed by atoms with Crippen molar-refractivity contribution < 1.29 is 13.9 Å². The Labute approximate surface area is 147 Å². The van der Waals surface area contributed by atoms with Gasteiger partial charge in [-0.1, -0.05) is 18.2 Å². The van der Waals surface area contributed by atoms with Crippen molar-refractivity contribution in [2.75, 3.05) is 31.1 Å². The Bertz CT molecular complexity index is 725. The molecule has 0 saturated carbocycles. The quantitative estimate of drug-likeness (QED) is 0.855. The molecule has 0 aliphatic carbocycles. The van der Waals surface area contributed by atoms with Crippen LogP contribution in [0.2, 0.25) is 0 Å². The molecule has 3 rings (SSSR count). The Morgan fingerprint density at radius 1 is 1.04 bits per heavy atom. The molecule has 1 fully saturated rings. The average Bonchev–Trinajstić information content (AvgIpc) is 2.64. The van der Waals surface area contributed by atoms with Crippen molar-refractivity contribution >= 4 is 11.6 Å². The van der Waals surface area contributed by atoms with Gasteiger partial charge < -0.3 is 14.5 Å². The van der Waals surface area contributed by atoms with Crippen molar-refractivity contribution in [1.29, 1.82) is 0 Å². The molecule has 1 heterocycles. The third-order valence-electron chi connectivity index (χ3n) is 4.53. The van der Waals surface area contributed by atoms with Gasteiger partial charge >= 0.3 is 0 Å². The molecule has 0 bridgehead atoms. The van der Waals surface area contributed by atoms with E-state index in [1.54, 1.807) is 19.1 Å².